The maximum absolute atomic E-state index is 11.8. The molecule has 7 nitrogen and oxygen atoms in total. The van der Waals surface area contributed by atoms with Gasteiger partial charge in [-0.1, -0.05) is 0 Å². The van der Waals surface area contributed by atoms with Gasteiger partial charge >= 0.3 is 5.97 Å². The second kappa shape index (κ2) is 8.89. The molecule has 20 heavy (non-hydrogen) atoms. The summed E-state index contributed by atoms with van der Waals surface area (Å²) in [6, 6.07) is 0. The van der Waals surface area contributed by atoms with Gasteiger partial charge in [-0.2, -0.15) is 0 Å². The molecule has 0 aliphatic carbocycles. The van der Waals surface area contributed by atoms with Gasteiger partial charge < -0.3 is 24.6 Å². The largest absolute Gasteiger partial charge is 0.481 e. The molecule has 1 heterocycles. The highest BCUT2D eigenvalue weighted by Crippen LogP contribution is 2.24. The molecule has 1 amide bonds. The Hall–Kier alpha value is -1.18. The minimum absolute atomic E-state index is 0.0880. The van der Waals surface area contributed by atoms with Crippen molar-refractivity contribution >= 4 is 11.9 Å². The van der Waals surface area contributed by atoms with Gasteiger partial charge in [0.05, 0.1) is 25.2 Å². The number of rotatable bonds is 9. The number of amides is 1. The topological polar surface area (TPSA) is 94.1 Å². The van der Waals surface area contributed by atoms with E-state index in [1.165, 1.54) is 0 Å². The van der Waals surface area contributed by atoms with Crippen LogP contribution in [-0.4, -0.2) is 62.2 Å². The molecular weight excluding hydrogens is 266 g/mol. The van der Waals surface area contributed by atoms with Gasteiger partial charge in [0.1, 0.15) is 6.61 Å². The highest BCUT2D eigenvalue weighted by Gasteiger charge is 2.36. The average Bonchev–Trinajstić information content (AvgIpc) is 2.38. The monoisotopic (exact) mass is 289 g/mol. The number of carboxylic acid groups (broad SMARTS) is 1. The maximum Gasteiger partial charge on any atom is 0.305 e. The highest BCUT2D eigenvalue weighted by molar-refractivity contribution is 5.79. The smallest absolute Gasteiger partial charge is 0.305 e. The van der Waals surface area contributed by atoms with Gasteiger partial charge in [0.15, 0.2) is 0 Å². The lowest BCUT2D eigenvalue weighted by Crippen LogP contribution is -2.54. The van der Waals surface area contributed by atoms with Crippen molar-refractivity contribution in [2.75, 3.05) is 39.6 Å². The standard InChI is InChI=1S/C13H23NO6/c1-2-18-7-8-20-10-11(15)14-13(9-12(16)17)3-5-19-6-4-13/h2-10H2,1H3,(H,14,15)(H,16,17). The maximum atomic E-state index is 11.8. The van der Waals surface area contributed by atoms with E-state index < -0.39 is 11.5 Å². The summed E-state index contributed by atoms with van der Waals surface area (Å²) in [5.41, 5.74) is -0.718. The van der Waals surface area contributed by atoms with E-state index in [-0.39, 0.29) is 18.9 Å². The number of carbonyl (C=O) groups is 2. The Labute approximate surface area is 118 Å². The van der Waals surface area contributed by atoms with Gasteiger partial charge in [-0.3, -0.25) is 9.59 Å². The Kier molecular flexibility index (Phi) is 7.50. The van der Waals surface area contributed by atoms with Gasteiger partial charge in [-0.25, -0.2) is 0 Å². The number of aliphatic carboxylic acids is 1. The van der Waals surface area contributed by atoms with Gasteiger partial charge in [-0.05, 0) is 19.8 Å². The Morgan fingerprint density at radius 2 is 1.90 bits per heavy atom. The molecule has 1 saturated heterocycles. The van der Waals surface area contributed by atoms with Crippen LogP contribution in [0.2, 0.25) is 0 Å². The molecule has 0 spiro atoms. The van der Waals surface area contributed by atoms with Gasteiger partial charge in [-0.15, -0.1) is 0 Å². The molecule has 0 aromatic rings. The summed E-state index contributed by atoms with van der Waals surface area (Å²) in [7, 11) is 0. The van der Waals surface area contributed by atoms with Crippen molar-refractivity contribution < 1.29 is 28.9 Å². The van der Waals surface area contributed by atoms with Crippen molar-refractivity contribution in [3.63, 3.8) is 0 Å². The second-order valence-corrected chi connectivity index (χ2v) is 4.76. The summed E-state index contributed by atoms with van der Waals surface area (Å²) in [5.74, 6) is -1.23. The highest BCUT2D eigenvalue weighted by atomic mass is 16.5. The summed E-state index contributed by atoms with van der Waals surface area (Å²) in [6.45, 7) is 4.10. The first kappa shape index (κ1) is 16.9. The van der Waals surface area contributed by atoms with Crippen molar-refractivity contribution in [3.8, 4) is 0 Å². The van der Waals surface area contributed by atoms with Crippen LogP contribution in [0.5, 0.6) is 0 Å². The van der Waals surface area contributed by atoms with E-state index in [2.05, 4.69) is 5.32 Å². The first-order valence-corrected chi connectivity index (χ1v) is 6.84. The summed E-state index contributed by atoms with van der Waals surface area (Å²) < 4.78 is 15.5. The first-order chi connectivity index (χ1) is 9.58. The summed E-state index contributed by atoms with van der Waals surface area (Å²) in [4.78, 5) is 22.8. The zero-order valence-corrected chi connectivity index (χ0v) is 11.9. The average molecular weight is 289 g/mol. The van der Waals surface area contributed by atoms with Crippen LogP contribution >= 0.6 is 0 Å². The summed E-state index contributed by atoms with van der Waals surface area (Å²) >= 11 is 0. The fraction of sp³-hybridized carbons (Fsp3) is 0.846. The molecule has 0 saturated carbocycles. The normalized spacial score (nSPS) is 17.6. The van der Waals surface area contributed by atoms with Gasteiger partial charge in [0.2, 0.25) is 5.91 Å². The van der Waals surface area contributed by atoms with Crippen LogP contribution in [0, 0.1) is 0 Å². The van der Waals surface area contributed by atoms with Crippen molar-refractivity contribution in [2.24, 2.45) is 0 Å². The molecule has 1 rings (SSSR count). The molecule has 0 unspecified atom stereocenters. The first-order valence-electron chi connectivity index (χ1n) is 6.84. The number of nitrogens with one attached hydrogen (secondary N) is 1. The van der Waals surface area contributed by atoms with Crippen LogP contribution in [-0.2, 0) is 23.8 Å². The third kappa shape index (κ3) is 6.31. The molecule has 1 aliphatic heterocycles. The predicted molar refractivity (Wildman–Crippen MR) is 70.5 cm³/mol. The van der Waals surface area contributed by atoms with Gasteiger partial charge in [0.25, 0.3) is 0 Å². The van der Waals surface area contributed by atoms with E-state index in [1.54, 1.807) is 0 Å². The summed E-state index contributed by atoms with van der Waals surface area (Å²) in [5, 5.41) is 11.8. The molecule has 7 heteroatoms. The zero-order chi connectivity index (χ0) is 14.8. The van der Waals surface area contributed by atoms with Crippen LogP contribution in [0.15, 0.2) is 0 Å². The van der Waals surface area contributed by atoms with E-state index in [4.69, 9.17) is 19.3 Å². The molecule has 2 N–H and O–H groups in total. The number of ether oxygens (including phenoxy) is 3. The molecule has 0 atom stereocenters. The van der Waals surface area contributed by atoms with Crippen LogP contribution < -0.4 is 5.32 Å². The van der Waals surface area contributed by atoms with E-state index in [0.29, 0.717) is 45.9 Å². The predicted octanol–water partition coefficient (Wildman–Crippen LogP) is 0.180. The molecule has 1 aliphatic rings. The quantitative estimate of drug-likeness (QED) is 0.588. The Bertz CT molecular complexity index is 314. The van der Waals surface area contributed by atoms with Crippen molar-refractivity contribution in [3.05, 3.63) is 0 Å². The van der Waals surface area contributed by atoms with Crippen molar-refractivity contribution in [2.45, 2.75) is 31.7 Å². The summed E-state index contributed by atoms with van der Waals surface area (Å²) in [6.07, 6.45) is 0.912. The fourth-order valence-electron chi connectivity index (χ4n) is 2.16. The third-order valence-corrected chi connectivity index (χ3v) is 3.15. The SMILES string of the molecule is CCOCCOCC(=O)NC1(CC(=O)O)CCOCC1. The van der Waals surface area contributed by atoms with Crippen molar-refractivity contribution in [1.82, 2.24) is 5.32 Å². The molecule has 1 fully saturated rings. The molecule has 116 valence electrons. The lowest BCUT2D eigenvalue weighted by atomic mass is 9.86. The molecule has 0 radical (unpaired) electrons. The number of hydrogen-bond donors (Lipinski definition) is 2. The zero-order valence-electron chi connectivity index (χ0n) is 11.9. The lowest BCUT2D eigenvalue weighted by Gasteiger charge is -2.36. The van der Waals surface area contributed by atoms with Crippen molar-refractivity contribution in [1.29, 1.82) is 0 Å². The number of carboxylic acids is 1. The third-order valence-electron chi connectivity index (χ3n) is 3.15. The van der Waals surface area contributed by atoms with E-state index in [9.17, 15) is 9.59 Å². The van der Waals surface area contributed by atoms with Crippen LogP contribution in [0.4, 0.5) is 0 Å². The molecule has 0 aromatic carbocycles. The minimum Gasteiger partial charge on any atom is -0.481 e. The van der Waals surface area contributed by atoms with E-state index in [1.807, 2.05) is 6.92 Å². The Balaban J connectivity index is 2.36. The van der Waals surface area contributed by atoms with Gasteiger partial charge in [0, 0.05) is 19.8 Å². The fourth-order valence-corrected chi connectivity index (χ4v) is 2.16. The molecule has 0 bridgehead atoms. The van der Waals surface area contributed by atoms with E-state index >= 15 is 0 Å². The lowest BCUT2D eigenvalue weighted by molar-refractivity contribution is -0.141. The Morgan fingerprint density at radius 1 is 1.25 bits per heavy atom. The molecule has 0 aromatic heterocycles. The molecular formula is C13H23NO6. The Morgan fingerprint density at radius 3 is 2.50 bits per heavy atom. The van der Waals surface area contributed by atoms with Crippen LogP contribution in [0.1, 0.15) is 26.2 Å². The van der Waals surface area contributed by atoms with E-state index in [0.717, 1.165) is 0 Å². The second-order valence-electron chi connectivity index (χ2n) is 4.76. The number of carbonyl (C=O) groups excluding carboxylic acids is 1. The number of hydrogen-bond acceptors (Lipinski definition) is 5. The minimum atomic E-state index is -0.926. The van der Waals surface area contributed by atoms with Crippen LogP contribution in [0.25, 0.3) is 0 Å². The van der Waals surface area contributed by atoms with Crippen LogP contribution in [0.3, 0.4) is 0 Å².